The van der Waals surface area contributed by atoms with Crippen molar-refractivity contribution in [2.45, 2.75) is 19.9 Å². The molecule has 1 aromatic rings. The summed E-state index contributed by atoms with van der Waals surface area (Å²) < 4.78 is 10.3. The molecule has 0 bridgehead atoms. The average Bonchev–Trinajstić information content (AvgIpc) is 2.81. The summed E-state index contributed by atoms with van der Waals surface area (Å²) in [7, 11) is 3.35. The number of hydrogen-bond acceptors (Lipinski definition) is 5. The number of carbonyl (C=O) groups is 1. The van der Waals surface area contributed by atoms with E-state index in [-0.39, 0.29) is 11.8 Å². The zero-order valence-electron chi connectivity index (χ0n) is 12.1. The van der Waals surface area contributed by atoms with E-state index in [1.807, 2.05) is 19.1 Å². The molecule has 1 atom stereocenters. The van der Waals surface area contributed by atoms with Crippen LogP contribution in [0.25, 0.3) is 0 Å². The van der Waals surface area contributed by atoms with Crippen LogP contribution in [-0.4, -0.2) is 57.2 Å². The topological polar surface area (TPSA) is 38.8 Å². The maximum absolute atomic E-state index is 12.2. The van der Waals surface area contributed by atoms with Crippen LogP contribution in [0.15, 0.2) is 12.1 Å². The Balaban J connectivity index is 2.62. The van der Waals surface area contributed by atoms with Crippen molar-refractivity contribution in [2.24, 2.45) is 0 Å². The summed E-state index contributed by atoms with van der Waals surface area (Å²) in [5, 5.41) is 0. The number of aryl methyl sites for hydroxylation is 1. The first-order valence-electron chi connectivity index (χ1n) is 6.40. The molecule has 1 heterocycles. The SMILES string of the molecule is COCCN(CC(=O)c1ccc(C)s1)C(C)COC. The minimum Gasteiger partial charge on any atom is -0.383 e. The van der Waals surface area contributed by atoms with Crippen LogP contribution in [0.3, 0.4) is 0 Å². The van der Waals surface area contributed by atoms with Gasteiger partial charge in [0.1, 0.15) is 0 Å². The molecule has 0 aliphatic carbocycles. The molecule has 0 fully saturated rings. The fourth-order valence-corrected chi connectivity index (χ4v) is 2.65. The molecule has 19 heavy (non-hydrogen) atoms. The number of thiophene rings is 1. The summed E-state index contributed by atoms with van der Waals surface area (Å²) in [5.41, 5.74) is 0. The van der Waals surface area contributed by atoms with Gasteiger partial charge in [-0.15, -0.1) is 11.3 Å². The number of methoxy groups -OCH3 is 2. The van der Waals surface area contributed by atoms with Gasteiger partial charge in [-0.2, -0.15) is 0 Å². The van der Waals surface area contributed by atoms with Gasteiger partial charge in [0.15, 0.2) is 5.78 Å². The van der Waals surface area contributed by atoms with E-state index in [2.05, 4.69) is 11.8 Å². The van der Waals surface area contributed by atoms with Gasteiger partial charge >= 0.3 is 0 Å². The average molecular weight is 285 g/mol. The number of nitrogens with zero attached hydrogens (tertiary/aromatic N) is 1. The van der Waals surface area contributed by atoms with Gasteiger partial charge in [0.05, 0.1) is 24.6 Å². The quantitative estimate of drug-likeness (QED) is 0.652. The lowest BCUT2D eigenvalue weighted by atomic mass is 10.2. The monoisotopic (exact) mass is 285 g/mol. The predicted octanol–water partition coefficient (Wildman–Crippen LogP) is 2.22. The van der Waals surface area contributed by atoms with Crippen molar-refractivity contribution < 1.29 is 14.3 Å². The van der Waals surface area contributed by atoms with Crippen molar-refractivity contribution in [1.82, 2.24) is 4.90 Å². The molecule has 0 aliphatic heterocycles. The molecule has 1 unspecified atom stereocenters. The van der Waals surface area contributed by atoms with E-state index in [1.54, 1.807) is 25.6 Å². The smallest absolute Gasteiger partial charge is 0.186 e. The van der Waals surface area contributed by atoms with Gasteiger partial charge in [0.25, 0.3) is 0 Å². The maximum Gasteiger partial charge on any atom is 0.186 e. The Morgan fingerprint density at radius 1 is 1.37 bits per heavy atom. The largest absolute Gasteiger partial charge is 0.383 e. The molecule has 0 saturated heterocycles. The van der Waals surface area contributed by atoms with Crippen LogP contribution in [0.1, 0.15) is 21.5 Å². The molecule has 1 aromatic heterocycles. The molecule has 5 heteroatoms. The molecule has 1 rings (SSSR count). The van der Waals surface area contributed by atoms with Gasteiger partial charge in [-0.25, -0.2) is 0 Å². The molecule has 0 N–H and O–H groups in total. The Morgan fingerprint density at radius 2 is 2.11 bits per heavy atom. The van der Waals surface area contributed by atoms with Crippen LogP contribution in [-0.2, 0) is 9.47 Å². The highest BCUT2D eigenvalue weighted by atomic mass is 32.1. The molecular formula is C14H23NO3S. The summed E-state index contributed by atoms with van der Waals surface area (Å²) in [6.45, 7) is 6.44. The number of ketones is 1. The van der Waals surface area contributed by atoms with E-state index in [0.717, 1.165) is 16.3 Å². The second-order valence-corrected chi connectivity index (χ2v) is 5.89. The van der Waals surface area contributed by atoms with E-state index in [0.29, 0.717) is 19.8 Å². The molecule has 108 valence electrons. The summed E-state index contributed by atoms with van der Waals surface area (Å²) in [6, 6.07) is 4.08. The van der Waals surface area contributed by atoms with Crippen LogP contribution >= 0.6 is 11.3 Å². The molecule has 4 nitrogen and oxygen atoms in total. The molecule has 0 amide bonds. The van der Waals surface area contributed by atoms with E-state index in [1.165, 1.54) is 0 Å². The highest BCUT2D eigenvalue weighted by molar-refractivity contribution is 7.14. The second kappa shape index (κ2) is 8.43. The highest BCUT2D eigenvalue weighted by Gasteiger charge is 2.18. The van der Waals surface area contributed by atoms with Crippen molar-refractivity contribution in [1.29, 1.82) is 0 Å². The lowest BCUT2D eigenvalue weighted by Crippen LogP contribution is -2.41. The molecule has 0 aliphatic rings. The Bertz CT molecular complexity index is 392. The predicted molar refractivity (Wildman–Crippen MR) is 78.2 cm³/mol. The van der Waals surface area contributed by atoms with E-state index in [9.17, 15) is 4.79 Å². The van der Waals surface area contributed by atoms with Gasteiger partial charge in [-0.3, -0.25) is 9.69 Å². The highest BCUT2D eigenvalue weighted by Crippen LogP contribution is 2.16. The van der Waals surface area contributed by atoms with Crippen LogP contribution in [0, 0.1) is 6.92 Å². The second-order valence-electron chi connectivity index (χ2n) is 4.60. The Hall–Kier alpha value is -0.750. The van der Waals surface area contributed by atoms with Crippen molar-refractivity contribution in [3.05, 3.63) is 21.9 Å². The number of carbonyl (C=O) groups excluding carboxylic acids is 1. The number of hydrogen-bond donors (Lipinski definition) is 0. The van der Waals surface area contributed by atoms with Gasteiger partial charge < -0.3 is 9.47 Å². The lowest BCUT2D eigenvalue weighted by molar-refractivity contribution is 0.0653. The normalized spacial score (nSPS) is 12.9. The van der Waals surface area contributed by atoms with E-state index in [4.69, 9.17) is 9.47 Å². The molecule has 0 aromatic carbocycles. The molecular weight excluding hydrogens is 262 g/mol. The summed E-state index contributed by atoms with van der Waals surface area (Å²) in [5.74, 6) is 0.164. The van der Waals surface area contributed by atoms with Crippen LogP contribution in [0.2, 0.25) is 0 Å². The van der Waals surface area contributed by atoms with Crippen molar-refractivity contribution in [3.8, 4) is 0 Å². The summed E-state index contributed by atoms with van der Waals surface area (Å²) in [6.07, 6.45) is 0. The Labute approximate surface area is 119 Å². The third kappa shape index (κ3) is 5.40. The minimum absolute atomic E-state index is 0.164. The zero-order chi connectivity index (χ0) is 14.3. The Morgan fingerprint density at radius 3 is 2.63 bits per heavy atom. The molecule has 0 spiro atoms. The molecule has 0 saturated carbocycles. The zero-order valence-corrected chi connectivity index (χ0v) is 13.0. The third-order valence-electron chi connectivity index (χ3n) is 2.98. The van der Waals surface area contributed by atoms with E-state index < -0.39 is 0 Å². The van der Waals surface area contributed by atoms with Crippen molar-refractivity contribution >= 4 is 17.1 Å². The van der Waals surface area contributed by atoms with E-state index >= 15 is 0 Å². The van der Waals surface area contributed by atoms with Crippen LogP contribution in [0.4, 0.5) is 0 Å². The van der Waals surface area contributed by atoms with Gasteiger partial charge in [0, 0.05) is 31.7 Å². The fraction of sp³-hybridized carbons (Fsp3) is 0.643. The van der Waals surface area contributed by atoms with Gasteiger partial charge in [-0.05, 0) is 26.0 Å². The fourth-order valence-electron chi connectivity index (χ4n) is 1.86. The standard InChI is InChI=1S/C14H23NO3S/c1-11(10-18-4)15(7-8-17-3)9-13(16)14-6-5-12(2)19-14/h5-6,11H,7-10H2,1-4H3. The van der Waals surface area contributed by atoms with Crippen LogP contribution < -0.4 is 0 Å². The first-order chi connectivity index (χ1) is 9.08. The van der Waals surface area contributed by atoms with Gasteiger partial charge in [-0.1, -0.05) is 0 Å². The first-order valence-corrected chi connectivity index (χ1v) is 7.21. The third-order valence-corrected chi connectivity index (χ3v) is 4.02. The van der Waals surface area contributed by atoms with Gasteiger partial charge in [0.2, 0.25) is 0 Å². The maximum atomic E-state index is 12.2. The molecule has 0 radical (unpaired) electrons. The number of rotatable bonds is 9. The lowest BCUT2D eigenvalue weighted by Gasteiger charge is -2.27. The minimum atomic E-state index is 0.164. The first kappa shape index (κ1) is 16.3. The van der Waals surface area contributed by atoms with Crippen molar-refractivity contribution in [3.63, 3.8) is 0 Å². The summed E-state index contributed by atoms with van der Waals surface area (Å²) >= 11 is 1.55. The number of Topliss-reactive ketones (excluding diaryl/α,β-unsaturated/α-hetero) is 1. The van der Waals surface area contributed by atoms with Crippen molar-refractivity contribution in [2.75, 3.05) is 40.5 Å². The number of ether oxygens (including phenoxy) is 2. The Kier molecular flexibility index (Phi) is 7.23. The summed E-state index contributed by atoms with van der Waals surface area (Å²) in [4.78, 5) is 16.3. The van der Waals surface area contributed by atoms with Crippen LogP contribution in [0.5, 0.6) is 0 Å².